The molecule has 19 heavy (non-hydrogen) atoms. The van der Waals surface area contributed by atoms with E-state index >= 15 is 0 Å². The van der Waals surface area contributed by atoms with Gasteiger partial charge in [0.2, 0.25) is 0 Å². The van der Waals surface area contributed by atoms with Gasteiger partial charge in [-0.25, -0.2) is 0 Å². The van der Waals surface area contributed by atoms with Crippen LogP contribution in [0.2, 0.25) is 0 Å². The average molecular weight is 264 g/mol. The molecule has 2 nitrogen and oxygen atoms in total. The van der Waals surface area contributed by atoms with E-state index in [2.05, 4.69) is 38.0 Å². The summed E-state index contributed by atoms with van der Waals surface area (Å²) in [5.41, 5.74) is 1.07. The largest absolute Gasteiger partial charge is 0.311 e. The normalized spacial score (nSPS) is 45.8. The summed E-state index contributed by atoms with van der Waals surface area (Å²) in [7, 11) is 2.30. The first-order valence-corrected chi connectivity index (χ1v) is 8.37. The molecule has 0 amide bonds. The Morgan fingerprint density at radius 3 is 2.58 bits per heavy atom. The smallest absolute Gasteiger partial charge is 0.0217 e. The predicted octanol–water partition coefficient (Wildman–Crippen LogP) is 3.28. The lowest BCUT2D eigenvalue weighted by molar-refractivity contribution is 0.0933. The molecule has 4 atom stereocenters. The molecular weight excluding hydrogens is 232 g/mol. The summed E-state index contributed by atoms with van der Waals surface area (Å²) in [4.78, 5) is 2.57. The molecule has 2 saturated carbocycles. The number of likely N-dealkylation sites (N-methyl/N-ethyl adjacent to an activating group) is 1. The van der Waals surface area contributed by atoms with Gasteiger partial charge in [0, 0.05) is 18.6 Å². The molecule has 0 spiro atoms. The fourth-order valence-electron chi connectivity index (χ4n) is 5.47. The minimum Gasteiger partial charge on any atom is -0.311 e. The second-order valence-corrected chi connectivity index (χ2v) is 8.39. The minimum absolute atomic E-state index is 0.500. The summed E-state index contributed by atoms with van der Waals surface area (Å²) < 4.78 is 0. The van der Waals surface area contributed by atoms with Gasteiger partial charge >= 0.3 is 0 Å². The molecule has 3 aliphatic rings. The lowest BCUT2D eigenvalue weighted by Gasteiger charge is -2.45. The summed E-state index contributed by atoms with van der Waals surface area (Å²) >= 11 is 0. The van der Waals surface area contributed by atoms with E-state index in [0.717, 1.165) is 18.0 Å². The van der Waals surface area contributed by atoms with Crippen LogP contribution in [0.25, 0.3) is 0 Å². The van der Waals surface area contributed by atoms with Gasteiger partial charge < -0.3 is 10.2 Å². The zero-order valence-corrected chi connectivity index (χ0v) is 13.3. The van der Waals surface area contributed by atoms with Gasteiger partial charge in [-0.3, -0.25) is 0 Å². The topological polar surface area (TPSA) is 15.3 Å². The number of hydrogen-bond acceptors (Lipinski definition) is 2. The Labute approximate surface area is 119 Å². The van der Waals surface area contributed by atoms with E-state index in [0.29, 0.717) is 10.8 Å². The van der Waals surface area contributed by atoms with Crippen LogP contribution in [0.5, 0.6) is 0 Å². The van der Waals surface area contributed by atoms with Crippen LogP contribution in [-0.2, 0) is 0 Å². The maximum absolute atomic E-state index is 4.00. The molecule has 2 bridgehead atoms. The van der Waals surface area contributed by atoms with Crippen molar-refractivity contribution < 1.29 is 0 Å². The highest BCUT2D eigenvalue weighted by Gasteiger charge is 2.58. The second-order valence-electron chi connectivity index (χ2n) is 8.39. The van der Waals surface area contributed by atoms with Gasteiger partial charge in [0.25, 0.3) is 0 Å². The van der Waals surface area contributed by atoms with Gasteiger partial charge in [0.15, 0.2) is 0 Å². The lowest BCUT2D eigenvalue weighted by Crippen LogP contribution is -2.54. The van der Waals surface area contributed by atoms with Crippen molar-refractivity contribution in [3.8, 4) is 0 Å². The summed E-state index contributed by atoms with van der Waals surface area (Å²) in [5.74, 6) is 0.957. The van der Waals surface area contributed by atoms with Crippen LogP contribution in [0.1, 0.15) is 59.3 Å². The fourth-order valence-corrected chi connectivity index (χ4v) is 5.47. The van der Waals surface area contributed by atoms with Crippen LogP contribution >= 0.6 is 0 Å². The number of likely N-dealkylation sites (tertiary alicyclic amines) is 1. The Bertz CT molecular complexity index is 333. The van der Waals surface area contributed by atoms with Gasteiger partial charge in [-0.05, 0) is 62.4 Å². The van der Waals surface area contributed by atoms with E-state index in [9.17, 15) is 0 Å². The standard InChI is InChI=1S/C17H32N2/c1-16(2)13-8-9-17(3,11-13)15(16)18-12-14-7-5-6-10-19(14)4/h13-15,18H,5-12H2,1-4H3. The maximum atomic E-state index is 4.00. The van der Waals surface area contributed by atoms with E-state index in [4.69, 9.17) is 0 Å². The van der Waals surface area contributed by atoms with Gasteiger partial charge in [-0.15, -0.1) is 0 Å². The second kappa shape index (κ2) is 4.73. The van der Waals surface area contributed by atoms with Gasteiger partial charge in [0.05, 0.1) is 0 Å². The summed E-state index contributed by atoms with van der Waals surface area (Å²) in [6.07, 6.45) is 8.56. The van der Waals surface area contributed by atoms with Crippen molar-refractivity contribution in [3.05, 3.63) is 0 Å². The van der Waals surface area contributed by atoms with E-state index in [-0.39, 0.29) is 0 Å². The molecule has 1 N–H and O–H groups in total. The predicted molar refractivity (Wildman–Crippen MR) is 81.3 cm³/mol. The average Bonchev–Trinajstić information content (AvgIpc) is 2.82. The molecule has 0 aromatic carbocycles. The van der Waals surface area contributed by atoms with Crippen molar-refractivity contribution in [3.63, 3.8) is 0 Å². The molecule has 3 fully saturated rings. The zero-order chi connectivity index (χ0) is 13.7. The van der Waals surface area contributed by atoms with Crippen LogP contribution in [0.15, 0.2) is 0 Å². The molecule has 0 radical (unpaired) electrons. The number of nitrogens with one attached hydrogen (secondary N) is 1. The highest BCUT2D eigenvalue weighted by Crippen LogP contribution is 2.62. The quantitative estimate of drug-likeness (QED) is 0.841. The van der Waals surface area contributed by atoms with E-state index in [1.807, 2.05) is 0 Å². The SMILES string of the molecule is CN1CCCCC1CNC1C2(C)CCC(C2)C1(C)C. The Morgan fingerprint density at radius 2 is 1.95 bits per heavy atom. The van der Waals surface area contributed by atoms with Crippen molar-refractivity contribution in [1.29, 1.82) is 0 Å². The van der Waals surface area contributed by atoms with Gasteiger partial charge in [-0.2, -0.15) is 0 Å². The van der Waals surface area contributed by atoms with Gasteiger partial charge in [-0.1, -0.05) is 27.2 Å². The van der Waals surface area contributed by atoms with Crippen LogP contribution in [0, 0.1) is 16.7 Å². The van der Waals surface area contributed by atoms with E-state index in [1.54, 1.807) is 0 Å². The van der Waals surface area contributed by atoms with E-state index in [1.165, 1.54) is 51.6 Å². The molecule has 2 aliphatic carbocycles. The molecule has 3 rings (SSSR count). The first-order valence-electron chi connectivity index (χ1n) is 8.37. The van der Waals surface area contributed by atoms with Crippen molar-refractivity contribution >= 4 is 0 Å². The first-order chi connectivity index (χ1) is 8.93. The van der Waals surface area contributed by atoms with Crippen molar-refractivity contribution in [2.45, 2.75) is 71.4 Å². The Balaban J connectivity index is 1.63. The highest BCUT2D eigenvalue weighted by atomic mass is 15.2. The van der Waals surface area contributed by atoms with Crippen LogP contribution in [0.3, 0.4) is 0 Å². The molecule has 1 saturated heterocycles. The lowest BCUT2D eigenvalue weighted by atomic mass is 9.68. The molecule has 0 aromatic heterocycles. The van der Waals surface area contributed by atoms with E-state index < -0.39 is 0 Å². The summed E-state index contributed by atoms with van der Waals surface area (Å²) in [6, 6.07) is 1.50. The first kappa shape index (κ1) is 13.9. The zero-order valence-electron chi connectivity index (χ0n) is 13.3. The number of rotatable bonds is 3. The van der Waals surface area contributed by atoms with Crippen LogP contribution < -0.4 is 5.32 Å². The maximum Gasteiger partial charge on any atom is 0.0217 e. The molecule has 1 aliphatic heterocycles. The summed E-state index contributed by atoms with van der Waals surface area (Å²) in [5, 5.41) is 4.00. The van der Waals surface area contributed by atoms with Crippen molar-refractivity contribution in [1.82, 2.24) is 10.2 Å². The molecule has 110 valence electrons. The monoisotopic (exact) mass is 264 g/mol. The van der Waals surface area contributed by atoms with Gasteiger partial charge in [0.1, 0.15) is 0 Å². The molecule has 0 aromatic rings. The molecule has 4 unspecified atom stereocenters. The number of nitrogens with zero attached hydrogens (tertiary/aromatic N) is 1. The molecule has 2 heteroatoms. The van der Waals surface area contributed by atoms with Crippen molar-refractivity contribution in [2.75, 3.05) is 20.1 Å². The third-order valence-electron chi connectivity index (χ3n) is 6.75. The Kier molecular flexibility index (Phi) is 3.46. The van der Waals surface area contributed by atoms with Crippen LogP contribution in [-0.4, -0.2) is 37.1 Å². The Morgan fingerprint density at radius 1 is 1.16 bits per heavy atom. The minimum atomic E-state index is 0.500. The number of hydrogen-bond donors (Lipinski definition) is 1. The third kappa shape index (κ3) is 2.25. The molecular formula is C17H32N2. The molecule has 1 heterocycles. The highest BCUT2D eigenvalue weighted by molar-refractivity contribution is 5.12. The van der Waals surface area contributed by atoms with Crippen LogP contribution in [0.4, 0.5) is 0 Å². The number of fused-ring (bicyclic) bond motifs is 2. The fraction of sp³-hybridized carbons (Fsp3) is 1.00. The third-order valence-corrected chi connectivity index (χ3v) is 6.75. The van der Waals surface area contributed by atoms with Crippen molar-refractivity contribution in [2.24, 2.45) is 16.7 Å². The summed E-state index contributed by atoms with van der Waals surface area (Å²) in [6.45, 7) is 10.0. The number of piperidine rings is 1. The Hall–Kier alpha value is -0.0800.